The van der Waals surface area contributed by atoms with E-state index >= 15 is 0 Å². The summed E-state index contributed by atoms with van der Waals surface area (Å²) in [4.78, 5) is 12.2. The summed E-state index contributed by atoms with van der Waals surface area (Å²) in [6, 6.07) is 3.08. The molecule has 3 unspecified atom stereocenters. The van der Waals surface area contributed by atoms with Crippen LogP contribution in [-0.4, -0.2) is 5.78 Å². The Morgan fingerprint density at radius 1 is 1.17 bits per heavy atom. The summed E-state index contributed by atoms with van der Waals surface area (Å²) >= 11 is 0. The molecule has 0 radical (unpaired) electrons. The summed E-state index contributed by atoms with van der Waals surface area (Å²) in [5.41, 5.74) is -0.0956. The van der Waals surface area contributed by atoms with Gasteiger partial charge in [0.05, 0.1) is 5.56 Å². The van der Waals surface area contributed by atoms with Crippen LogP contribution in [0.5, 0.6) is 0 Å². The highest BCUT2D eigenvalue weighted by Gasteiger charge is 2.30. The van der Waals surface area contributed by atoms with Crippen LogP contribution in [0, 0.1) is 29.4 Å². The molecule has 1 nitrogen and oxygen atoms in total. The van der Waals surface area contributed by atoms with Crippen molar-refractivity contribution >= 4 is 5.78 Å². The number of benzene rings is 1. The van der Waals surface area contributed by atoms with Crippen LogP contribution in [0.3, 0.4) is 0 Å². The number of halogens is 2. The maximum Gasteiger partial charge on any atom is 0.168 e. The summed E-state index contributed by atoms with van der Waals surface area (Å²) in [5.74, 6) is -0.515. The Labute approximate surface area is 106 Å². The van der Waals surface area contributed by atoms with Gasteiger partial charge in [-0.15, -0.1) is 0 Å². The molecule has 3 heteroatoms. The van der Waals surface area contributed by atoms with Crippen LogP contribution in [0.25, 0.3) is 0 Å². The molecule has 1 aliphatic carbocycles. The lowest BCUT2D eigenvalue weighted by Gasteiger charge is -2.31. The van der Waals surface area contributed by atoms with Crippen molar-refractivity contribution in [2.24, 2.45) is 17.8 Å². The van der Waals surface area contributed by atoms with Gasteiger partial charge in [0.1, 0.15) is 11.6 Å². The SMILES string of the molecule is CC1CCC(C(=O)c2cc(F)ccc2F)CC1C. The van der Waals surface area contributed by atoms with Crippen molar-refractivity contribution in [2.45, 2.75) is 33.1 Å². The Kier molecular flexibility index (Phi) is 3.79. The molecule has 0 spiro atoms. The van der Waals surface area contributed by atoms with E-state index in [2.05, 4.69) is 13.8 Å². The van der Waals surface area contributed by atoms with Crippen LogP contribution in [0.1, 0.15) is 43.5 Å². The minimum atomic E-state index is -0.618. The Morgan fingerprint density at radius 2 is 1.89 bits per heavy atom. The van der Waals surface area contributed by atoms with Gasteiger partial charge in [-0.1, -0.05) is 13.8 Å². The molecular formula is C15H18F2O. The van der Waals surface area contributed by atoms with Gasteiger partial charge in [0.2, 0.25) is 0 Å². The van der Waals surface area contributed by atoms with Crippen LogP contribution in [0.4, 0.5) is 8.78 Å². The van der Waals surface area contributed by atoms with Gasteiger partial charge in [0.15, 0.2) is 5.78 Å². The first kappa shape index (κ1) is 13.2. The monoisotopic (exact) mass is 252 g/mol. The van der Waals surface area contributed by atoms with Gasteiger partial charge in [-0.25, -0.2) is 8.78 Å². The average Bonchev–Trinajstić information content (AvgIpc) is 2.35. The standard InChI is InChI=1S/C15H18F2O/c1-9-3-4-11(7-10(9)2)15(18)13-8-12(16)5-6-14(13)17/h5-6,8-11H,3-4,7H2,1-2H3. The van der Waals surface area contributed by atoms with Gasteiger partial charge >= 0.3 is 0 Å². The highest BCUT2D eigenvalue weighted by molar-refractivity contribution is 5.98. The molecule has 98 valence electrons. The molecule has 3 atom stereocenters. The van der Waals surface area contributed by atoms with E-state index < -0.39 is 11.6 Å². The lowest BCUT2D eigenvalue weighted by atomic mass is 9.73. The van der Waals surface area contributed by atoms with Crippen LogP contribution in [0.2, 0.25) is 0 Å². The van der Waals surface area contributed by atoms with Crippen LogP contribution >= 0.6 is 0 Å². The van der Waals surface area contributed by atoms with E-state index in [0.29, 0.717) is 11.8 Å². The van der Waals surface area contributed by atoms with Crippen molar-refractivity contribution in [1.82, 2.24) is 0 Å². The molecule has 1 fully saturated rings. The van der Waals surface area contributed by atoms with E-state index in [1.807, 2.05) is 0 Å². The number of hydrogen-bond donors (Lipinski definition) is 0. The zero-order chi connectivity index (χ0) is 13.3. The van der Waals surface area contributed by atoms with E-state index in [1.54, 1.807) is 0 Å². The second-order valence-corrected chi connectivity index (χ2v) is 5.45. The molecule has 18 heavy (non-hydrogen) atoms. The molecule has 2 rings (SSSR count). The van der Waals surface area contributed by atoms with E-state index in [4.69, 9.17) is 0 Å². The lowest BCUT2D eigenvalue weighted by Crippen LogP contribution is -2.27. The molecule has 0 aromatic heterocycles. The quantitative estimate of drug-likeness (QED) is 0.720. The Bertz CT molecular complexity index is 456. The number of Topliss-reactive ketones (excluding diaryl/α,β-unsaturated/α-hetero) is 1. The van der Waals surface area contributed by atoms with Gasteiger partial charge in [-0.3, -0.25) is 4.79 Å². The first-order valence-corrected chi connectivity index (χ1v) is 6.48. The van der Waals surface area contributed by atoms with Crippen LogP contribution in [-0.2, 0) is 0 Å². The lowest BCUT2D eigenvalue weighted by molar-refractivity contribution is 0.0833. The topological polar surface area (TPSA) is 17.1 Å². The molecule has 1 aliphatic rings. The van der Waals surface area contributed by atoms with E-state index in [1.165, 1.54) is 0 Å². The largest absolute Gasteiger partial charge is 0.294 e. The maximum atomic E-state index is 13.6. The Morgan fingerprint density at radius 3 is 2.56 bits per heavy atom. The van der Waals surface area contributed by atoms with Gasteiger partial charge in [0, 0.05) is 5.92 Å². The van der Waals surface area contributed by atoms with Crippen molar-refractivity contribution in [1.29, 1.82) is 0 Å². The van der Waals surface area contributed by atoms with Crippen LogP contribution < -0.4 is 0 Å². The third-order valence-electron chi connectivity index (χ3n) is 4.16. The summed E-state index contributed by atoms with van der Waals surface area (Å²) in [7, 11) is 0. The normalized spacial score (nSPS) is 28.1. The van der Waals surface area contributed by atoms with E-state index in [-0.39, 0.29) is 17.3 Å². The molecule has 0 bridgehead atoms. The van der Waals surface area contributed by atoms with Crippen LogP contribution in [0.15, 0.2) is 18.2 Å². The first-order chi connectivity index (χ1) is 8.49. The van der Waals surface area contributed by atoms with Crippen molar-refractivity contribution in [3.05, 3.63) is 35.4 Å². The summed E-state index contributed by atoms with van der Waals surface area (Å²) in [5, 5.41) is 0. The zero-order valence-electron chi connectivity index (χ0n) is 10.7. The number of carbonyl (C=O) groups is 1. The molecule has 1 aromatic rings. The minimum Gasteiger partial charge on any atom is -0.294 e. The second-order valence-electron chi connectivity index (χ2n) is 5.45. The number of hydrogen-bond acceptors (Lipinski definition) is 1. The van der Waals surface area contributed by atoms with E-state index in [9.17, 15) is 13.6 Å². The highest BCUT2D eigenvalue weighted by atomic mass is 19.1. The highest BCUT2D eigenvalue weighted by Crippen LogP contribution is 2.35. The fourth-order valence-corrected chi connectivity index (χ4v) is 2.69. The zero-order valence-corrected chi connectivity index (χ0v) is 10.7. The minimum absolute atomic E-state index is 0.0956. The smallest absolute Gasteiger partial charge is 0.168 e. The van der Waals surface area contributed by atoms with Gasteiger partial charge < -0.3 is 0 Å². The molecule has 1 aromatic carbocycles. The maximum absolute atomic E-state index is 13.6. The third-order valence-corrected chi connectivity index (χ3v) is 4.16. The molecule has 0 heterocycles. The van der Waals surface area contributed by atoms with E-state index in [0.717, 1.165) is 37.5 Å². The number of rotatable bonds is 2. The van der Waals surface area contributed by atoms with Gasteiger partial charge in [-0.2, -0.15) is 0 Å². The average molecular weight is 252 g/mol. The predicted molar refractivity (Wildman–Crippen MR) is 66.4 cm³/mol. The molecule has 0 aliphatic heterocycles. The van der Waals surface area contributed by atoms with Gasteiger partial charge in [0.25, 0.3) is 0 Å². The summed E-state index contributed by atoms with van der Waals surface area (Å²) in [6.07, 6.45) is 2.53. The number of ketones is 1. The fourth-order valence-electron chi connectivity index (χ4n) is 2.69. The van der Waals surface area contributed by atoms with Crippen molar-refractivity contribution in [2.75, 3.05) is 0 Å². The Hall–Kier alpha value is -1.25. The summed E-state index contributed by atoms with van der Waals surface area (Å²) in [6.45, 7) is 4.29. The summed E-state index contributed by atoms with van der Waals surface area (Å²) < 4.78 is 26.7. The first-order valence-electron chi connectivity index (χ1n) is 6.48. The predicted octanol–water partition coefficient (Wildman–Crippen LogP) is 4.22. The number of carbonyl (C=O) groups excluding carboxylic acids is 1. The molecule has 0 N–H and O–H groups in total. The molecular weight excluding hydrogens is 234 g/mol. The second kappa shape index (κ2) is 5.17. The molecule has 0 saturated heterocycles. The van der Waals surface area contributed by atoms with Crippen molar-refractivity contribution in [3.63, 3.8) is 0 Å². The van der Waals surface area contributed by atoms with Crippen molar-refractivity contribution in [3.8, 4) is 0 Å². The van der Waals surface area contributed by atoms with Gasteiger partial charge in [-0.05, 0) is 49.3 Å². The molecule has 1 saturated carbocycles. The van der Waals surface area contributed by atoms with Crippen molar-refractivity contribution < 1.29 is 13.6 Å². The Balaban J connectivity index is 2.19. The fraction of sp³-hybridized carbons (Fsp3) is 0.533. The third kappa shape index (κ3) is 2.60. The molecule has 0 amide bonds.